The number of benzene rings is 1. The van der Waals surface area contributed by atoms with Crippen LogP contribution in [-0.4, -0.2) is 12.0 Å². The Hall–Kier alpha value is -1.87. The van der Waals surface area contributed by atoms with E-state index in [2.05, 4.69) is 35.4 Å². The Kier molecular flexibility index (Phi) is 3.70. The van der Waals surface area contributed by atoms with Gasteiger partial charge in [-0.15, -0.1) is 0 Å². The molecule has 1 N–H and O–H groups in total. The summed E-state index contributed by atoms with van der Waals surface area (Å²) in [4.78, 5) is 4.37. The number of aryl methyl sites for hydroxylation is 2. The molecular weight excluding hydrogens is 248 g/mol. The summed E-state index contributed by atoms with van der Waals surface area (Å²) in [6, 6.07) is 10.6. The molecule has 0 bridgehead atoms. The van der Waals surface area contributed by atoms with Crippen LogP contribution in [0, 0.1) is 0 Å². The number of nitrogens with one attached hydrogen (secondary N) is 1. The Morgan fingerprint density at radius 2 is 2.00 bits per heavy atom. The molecule has 0 amide bonds. The van der Waals surface area contributed by atoms with Crippen molar-refractivity contribution in [3.8, 4) is 11.6 Å². The van der Waals surface area contributed by atoms with Crippen molar-refractivity contribution < 1.29 is 4.74 Å². The minimum Gasteiger partial charge on any atom is -0.439 e. The lowest BCUT2D eigenvalue weighted by molar-refractivity contribution is 0.461. The van der Waals surface area contributed by atoms with E-state index in [1.807, 2.05) is 25.4 Å². The maximum Gasteiger partial charge on any atom is 0.219 e. The molecule has 20 heavy (non-hydrogen) atoms. The molecule has 0 saturated heterocycles. The average molecular weight is 268 g/mol. The molecule has 1 heterocycles. The van der Waals surface area contributed by atoms with Crippen LogP contribution in [0.25, 0.3) is 0 Å². The van der Waals surface area contributed by atoms with Gasteiger partial charge in [0.15, 0.2) is 0 Å². The van der Waals surface area contributed by atoms with Crippen LogP contribution in [0.1, 0.15) is 36.1 Å². The van der Waals surface area contributed by atoms with Gasteiger partial charge in [-0.05, 0) is 62.1 Å². The van der Waals surface area contributed by atoms with E-state index in [0.717, 1.165) is 11.3 Å². The highest BCUT2D eigenvalue weighted by atomic mass is 16.5. The predicted octanol–water partition coefficient (Wildman–Crippen LogP) is 3.64. The van der Waals surface area contributed by atoms with Gasteiger partial charge in [-0.2, -0.15) is 0 Å². The van der Waals surface area contributed by atoms with Gasteiger partial charge in [0.25, 0.3) is 0 Å². The van der Waals surface area contributed by atoms with E-state index in [9.17, 15) is 0 Å². The molecule has 3 rings (SSSR count). The zero-order chi connectivity index (χ0) is 13.9. The normalized spacial score (nSPS) is 14.9. The average Bonchev–Trinajstić information content (AvgIpc) is 2.95. The van der Waals surface area contributed by atoms with Gasteiger partial charge in [-0.1, -0.05) is 12.1 Å². The third kappa shape index (κ3) is 2.68. The molecule has 1 aliphatic rings. The summed E-state index contributed by atoms with van der Waals surface area (Å²) in [5.41, 5.74) is 4.04. The van der Waals surface area contributed by atoms with Crippen LogP contribution in [0.4, 0.5) is 0 Å². The summed E-state index contributed by atoms with van der Waals surface area (Å²) in [5, 5.41) is 3.20. The van der Waals surface area contributed by atoms with Crippen LogP contribution in [-0.2, 0) is 12.8 Å². The quantitative estimate of drug-likeness (QED) is 0.919. The first-order valence-electron chi connectivity index (χ1n) is 7.19. The van der Waals surface area contributed by atoms with Gasteiger partial charge < -0.3 is 10.1 Å². The van der Waals surface area contributed by atoms with Crippen molar-refractivity contribution in [2.24, 2.45) is 0 Å². The summed E-state index contributed by atoms with van der Waals surface area (Å²) in [6.45, 7) is 2.11. The lowest BCUT2D eigenvalue weighted by Crippen LogP contribution is -2.12. The van der Waals surface area contributed by atoms with Crippen molar-refractivity contribution in [3.05, 3.63) is 53.2 Å². The van der Waals surface area contributed by atoms with E-state index >= 15 is 0 Å². The van der Waals surface area contributed by atoms with Crippen molar-refractivity contribution in [1.82, 2.24) is 10.3 Å². The number of fused-ring (bicyclic) bond motifs is 1. The number of aromatic nitrogens is 1. The molecule has 3 heteroatoms. The van der Waals surface area contributed by atoms with Crippen molar-refractivity contribution in [2.45, 2.75) is 32.2 Å². The first-order chi connectivity index (χ1) is 9.76. The van der Waals surface area contributed by atoms with Crippen molar-refractivity contribution in [3.63, 3.8) is 0 Å². The lowest BCUT2D eigenvalue weighted by Gasteiger charge is -2.11. The SMILES string of the molecule is CNC(C)c1ccc(Oc2ccc3c(c2)CCC3)nc1. The Bertz CT molecular complexity index is 592. The largest absolute Gasteiger partial charge is 0.439 e. The Labute approximate surface area is 120 Å². The third-order valence-electron chi connectivity index (χ3n) is 3.98. The molecule has 0 aliphatic heterocycles. The summed E-state index contributed by atoms with van der Waals surface area (Å²) >= 11 is 0. The van der Waals surface area contributed by atoms with Crippen LogP contribution >= 0.6 is 0 Å². The molecule has 0 radical (unpaired) electrons. The fourth-order valence-corrected chi connectivity index (χ4v) is 2.61. The van der Waals surface area contributed by atoms with Gasteiger partial charge in [-0.3, -0.25) is 0 Å². The number of rotatable bonds is 4. The maximum absolute atomic E-state index is 5.84. The minimum atomic E-state index is 0.302. The number of nitrogens with zero attached hydrogens (tertiary/aromatic N) is 1. The van der Waals surface area contributed by atoms with E-state index in [4.69, 9.17) is 4.74 Å². The van der Waals surface area contributed by atoms with Gasteiger partial charge in [0.1, 0.15) is 5.75 Å². The minimum absolute atomic E-state index is 0.302. The van der Waals surface area contributed by atoms with Crippen molar-refractivity contribution in [1.29, 1.82) is 0 Å². The monoisotopic (exact) mass is 268 g/mol. The topological polar surface area (TPSA) is 34.1 Å². The van der Waals surface area contributed by atoms with Gasteiger partial charge in [0.2, 0.25) is 5.88 Å². The zero-order valence-electron chi connectivity index (χ0n) is 12.0. The van der Waals surface area contributed by atoms with Gasteiger partial charge >= 0.3 is 0 Å². The molecule has 0 spiro atoms. The van der Waals surface area contributed by atoms with Crippen LogP contribution in [0.15, 0.2) is 36.5 Å². The summed E-state index contributed by atoms with van der Waals surface area (Å²) in [7, 11) is 1.94. The second kappa shape index (κ2) is 5.63. The van der Waals surface area contributed by atoms with Gasteiger partial charge in [-0.25, -0.2) is 4.98 Å². The molecule has 2 aromatic rings. The van der Waals surface area contributed by atoms with Crippen molar-refractivity contribution in [2.75, 3.05) is 7.05 Å². The van der Waals surface area contributed by atoms with E-state index in [0.29, 0.717) is 11.9 Å². The summed E-state index contributed by atoms with van der Waals surface area (Å²) in [6.07, 6.45) is 5.49. The second-order valence-electron chi connectivity index (χ2n) is 5.33. The molecule has 1 aliphatic carbocycles. The second-order valence-corrected chi connectivity index (χ2v) is 5.33. The Balaban J connectivity index is 1.74. The highest BCUT2D eigenvalue weighted by Crippen LogP contribution is 2.28. The highest BCUT2D eigenvalue weighted by Gasteiger charge is 2.11. The van der Waals surface area contributed by atoms with Gasteiger partial charge in [0.05, 0.1) is 0 Å². The predicted molar refractivity (Wildman–Crippen MR) is 80.3 cm³/mol. The van der Waals surface area contributed by atoms with E-state index in [1.165, 1.54) is 30.4 Å². The number of hydrogen-bond acceptors (Lipinski definition) is 3. The first kappa shape index (κ1) is 13.1. The molecule has 1 aromatic heterocycles. The van der Waals surface area contributed by atoms with Gasteiger partial charge in [0, 0.05) is 18.3 Å². The van der Waals surface area contributed by atoms with E-state index in [-0.39, 0.29) is 0 Å². The first-order valence-corrected chi connectivity index (χ1v) is 7.19. The molecular formula is C17H20N2O. The Morgan fingerprint density at radius 1 is 1.15 bits per heavy atom. The lowest BCUT2D eigenvalue weighted by atomic mass is 10.1. The number of hydrogen-bond donors (Lipinski definition) is 1. The molecule has 3 nitrogen and oxygen atoms in total. The van der Waals surface area contributed by atoms with E-state index in [1.54, 1.807) is 0 Å². The molecule has 0 fully saturated rings. The molecule has 1 atom stereocenters. The maximum atomic E-state index is 5.84. The zero-order valence-corrected chi connectivity index (χ0v) is 12.0. The number of pyridine rings is 1. The Morgan fingerprint density at radius 3 is 2.75 bits per heavy atom. The fourth-order valence-electron chi connectivity index (χ4n) is 2.61. The standard InChI is InChI=1S/C17H20N2O/c1-12(18-2)15-7-9-17(19-11-15)20-16-8-6-13-4-3-5-14(13)10-16/h6-12,18H,3-5H2,1-2H3. The molecule has 1 aromatic carbocycles. The fraction of sp³-hybridized carbons (Fsp3) is 0.353. The smallest absolute Gasteiger partial charge is 0.219 e. The summed E-state index contributed by atoms with van der Waals surface area (Å²) < 4.78 is 5.84. The molecule has 0 saturated carbocycles. The highest BCUT2D eigenvalue weighted by molar-refractivity contribution is 5.39. The molecule has 1 unspecified atom stereocenters. The van der Waals surface area contributed by atoms with Crippen LogP contribution in [0.2, 0.25) is 0 Å². The third-order valence-corrected chi connectivity index (χ3v) is 3.98. The van der Waals surface area contributed by atoms with Crippen LogP contribution in [0.5, 0.6) is 11.6 Å². The number of ether oxygens (including phenoxy) is 1. The van der Waals surface area contributed by atoms with Crippen molar-refractivity contribution >= 4 is 0 Å². The van der Waals surface area contributed by atoms with E-state index < -0.39 is 0 Å². The molecule has 104 valence electrons. The summed E-state index contributed by atoms with van der Waals surface area (Å²) in [5.74, 6) is 1.53. The van der Waals surface area contributed by atoms with Crippen LogP contribution in [0.3, 0.4) is 0 Å². The van der Waals surface area contributed by atoms with Crippen LogP contribution < -0.4 is 10.1 Å².